The molecule has 1 amide bonds. The SMILES string of the molecule is CC(=O)c1cnc(NC(=O)c2c(O)cc(F)cc2F)s1. The molecule has 0 aliphatic rings. The van der Waals surface area contributed by atoms with Gasteiger partial charge < -0.3 is 5.11 Å². The molecule has 2 rings (SSSR count). The molecule has 5 nitrogen and oxygen atoms in total. The van der Waals surface area contributed by atoms with Crippen molar-refractivity contribution in [1.29, 1.82) is 0 Å². The van der Waals surface area contributed by atoms with Crippen molar-refractivity contribution in [2.45, 2.75) is 6.92 Å². The van der Waals surface area contributed by atoms with Crippen molar-refractivity contribution in [3.8, 4) is 5.75 Å². The van der Waals surface area contributed by atoms with Gasteiger partial charge in [-0.3, -0.25) is 14.9 Å². The highest BCUT2D eigenvalue weighted by atomic mass is 32.1. The van der Waals surface area contributed by atoms with E-state index in [0.29, 0.717) is 17.0 Å². The van der Waals surface area contributed by atoms with Gasteiger partial charge in [0.25, 0.3) is 5.91 Å². The molecule has 2 N–H and O–H groups in total. The van der Waals surface area contributed by atoms with E-state index in [1.165, 1.54) is 13.1 Å². The van der Waals surface area contributed by atoms with E-state index in [4.69, 9.17) is 0 Å². The summed E-state index contributed by atoms with van der Waals surface area (Å²) in [7, 11) is 0. The van der Waals surface area contributed by atoms with Gasteiger partial charge in [0.1, 0.15) is 22.9 Å². The molecule has 8 heteroatoms. The number of amides is 1. The second-order valence-electron chi connectivity index (χ2n) is 3.82. The van der Waals surface area contributed by atoms with Gasteiger partial charge in [0.2, 0.25) is 0 Å². The zero-order valence-electron chi connectivity index (χ0n) is 10.1. The number of ketones is 1. The smallest absolute Gasteiger partial charge is 0.264 e. The highest BCUT2D eigenvalue weighted by Gasteiger charge is 2.19. The predicted molar refractivity (Wildman–Crippen MR) is 68.1 cm³/mol. The van der Waals surface area contributed by atoms with Crippen LogP contribution in [0.5, 0.6) is 5.75 Å². The summed E-state index contributed by atoms with van der Waals surface area (Å²) in [6.45, 7) is 1.34. The molecular weight excluding hydrogens is 290 g/mol. The molecule has 0 atom stereocenters. The van der Waals surface area contributed by atoms with Gasteiger partial charge in [-0.15, -0.1) is 0 Å². The number of aromatic nitrogens is 1. The molecule has 0 saturated carbocycles. The zero-order chi connectivity index (χ0) is 14.9. The van der Waals surface area contributed by atoms with Crippen molar-refractivity contribution in [2.75, 3.05) is 5.32 Å². The Morgan fingerprint density at radius 3 is 2.60 bits per heavy atom. The number of nitrogens with zero attached hydrogens (tertiary/aromatic N) is 1. The molecule has 0 unspecified atom stereocenters. The van der Waals surface area contributed by atoms with Gasteiger partial charge in [0.05, 0.1) is 11.1 Å². The number of rotatable bonds is 3. The number of carbonyl (C=O) groups excluding carboxylic acids is 2. The Labute approximate surface area is 115 Å². The van der Waals surface area contributed by atoms with Crippen LogP contribution in [0.3, 0.4) is 0 Å². The van der Waals surface area contributed by atoms with Gasteiger partial charge in [-0.05, 0) is 0 Å². The topological polar surface area (TPSA) is 79.3 Å². The first kappa shape index (κ1) is 14.1. The average Bonchev–Trinajstić information content (AvgIpc) is 2.75. The summed E-state index contributed by atoms with van der Waals surface area (Å²) in [6.07, 6.45) is 1.27. The van der Waals surface area contributed by atoms with Crippen molar-refractivity contribution >= 4 is 28.2 Å². The molecule has 1 aromatic carbocycles. The van der Waals surface area contributed by atoms with E-state index >= 15 is 0 Å². The maximum Gasteiger partial charge on any atom is 0.264 e. The first-order chi connectivity index (χ1) is 9.38. The van der Waals surface area contributed by atoms with Gasteiger partial charge in [-0.2, -0.15) is 0 Å². The van der Waals surface area contributed by atoms with Crippen LogP contribution in [0.1, 0.15) is 27.0 Å². The standard InChI is InChI=1S/C12H8F2N2O3S/c1-5(17)9-4-15-12(20-9)16-11(19)10-7(14)2-6(13)3-8(10)18/h2-4,18H,1H3,(H,15,16,19). The molecule has 0 aliphatic carbocycles. The lowest BCUT2D eigenvalue weighted by Crippen LogP contribution is -2.14. The first-order valence-electron chi connectivity index (χ1n) is 5.34. The highest BCUT2D eigenvalue weighted by Crippen LogP contribution is 2.25. The fourth-order valence-electron chi connectivity index (χ4n) is 1.44. The Kier molecular flexibility index (Phi) is 3.75. The molecular formula is C12H8F2N2O3S. The molecule has 1 aromatic heterocycles. The fraction of sp³-hybridized carbons (Fsp3) is 0.0833. The largest absolute Gasteiger partial charge is 0.507 e. The second kappa shape index (κ2) is 5.33. The summed E-state index contributed by atoms with van der Waals surface area (Å²) in [5.74, 6) is -4.21. The number of Topliss-reactive ketones (excluding diaryl/α,β-unsaturated/α-hetero) is 1. The van der Waals surface area contributed by atoms with Crippen LogP contribution in [-0.4, -0.2) is 21.8 Å². The first-order valence-corrected chi connectivity index (χ1v) is 6.16. The summed E-state index contributed by atoms with van der Waals surface area (Å²) < 4.78 is 26.3. The zero-order valence-corrected chi connectivity index (χ0v) is 10.9. The normalized spacial score (nSPS) is 10.3. The van der Waals surface area contributed by atoms with E-state index in [9.17, 15) is 23.5 Å². The molecule has 0 radical (unpaired) electrons. The number of hydrogen-bond donors (Lipinski definition) is 2. The maximum atomic E-state index is 13.5. The van der Waals surface area contributed by atoms with Crippen LogP contribution >= 0.6 is 11.3 Å². The number of benzene rings is 1. The second-order valence-corrected chi connectivity index (χ2v) is 4.85. The van der Waals surface area contributed by atoms with Crippen LogP contribution in [0.2, 0.25) is 0 Å². The lowest BCUT2D eigenvalue weighted by molar-refractivity contribution is 0.101. The summed E-state index contributed by atoms with van der Waals surface area (Å²) in [5, 5.41) is 11.7. The molecule has 0 aliphatic heterocycles. The minimum absolute atomic E-state index is 0.0725. The van der Waals surface area contributed by atoms with Crippen molar-refractivity contribution in [2.24, 2.45) is 0 Å². The highest BCUT2D eigenvalue weighted by molar-refractivity contribution is 7.17. The van der Waals surface area contributed by atoms with E-state index in [1.54, 1.807) is 0 Å². The molecule has 1 heterocycles. The molecule has 0 fully saturated rings. The Morgan fingerprint density at radius 1 is 1.35 bits per heavy atom. The van der Waals surface area contributed by atoms with E-state index in [-0.39, 0.29) is 10.9 Å². The van der Waals surface area contributed by atoms with Gasteiger partial charge in [-0.25, -0.2) is 13.8 Å². The lowest BCUT2D eigenvalue weighted by atomic mass is 10.1. The van der Waals surface area contributed by atoms with Crippen LogP contribution in [-0.2, 0) is 0 Å². The minimum atomic E-state index is -1.19. The Hall–Kier alpha value is -2.35. The van der Waals surface area contributed by atoms with Gasteiger partial charge in [0.15, 0.2) is 10.9 Å². The third-order valence-electron chi connectivity index (χ3n) is 2.33. The van der Waals surface area contributed by atoms with E-state index in [1.807, 2.05) is 0 Å². The molecule has 20 heavy (non-hydrogen) atoms. The van der Waals surface area contributed by atoms with Crippen molar-refractivity contribution in [3.05, 3.63) is 40.4 Å². The Balaban J connectivity index is 2.26. The number of aromatic hydroxyl groups is 1. The molecule has 0 spiro atoms. The summed E-state index contributed by atoms with van der Waals surface area (Å²) in [5.41, 5.74) is -0.689. The number of halogens is 2. The molecule has 0 saturated heterocycles. The van der Waals surface area contributed by atoms with Crippen molar-refractivity contribution in [3.63, 3.8) is 0 Å². The van der Waals surface area contributed by atoms with Crippen molar-refractivity contribution in [1.82, 2.24) is 4.98 Å². The number of hydrogen-bond acceptors (Lipinski definition) is 5. The number of thiazole rings is 1. The number of anilines is 1. The number of nitrogens with one attached hydrogen (secondary N) is 1. The fourth-order valence-corrected chi connectivity index (χ4v) is 2.15. The third-order valence-corrected chi connectivity index (χ3v) is 3.35. The lowest BCUT2D eigenvalue weighted by Gasteiger charge is -2.05. The van der Waals surface area contributed by atoms with E-state index < -0.39 is 28.9 Å². The van der Waals surface area contributed by atoms with Crippen LogP contribution < -0.4 is 5.32 Å². The van der Waals surface area contributed by atoms with Crippen LogP contribution in [0.4, 0.5) is 13.9 Å². The number of carbonyl (C=O) groups is 2. The number of phenols is 1. The van der Waals surface area contributed by atoms with Crippen LogP contribution in [0.15, 0.2) is 18.3 Å². The molecule has 0 bridgehead atoms. The summed E-state index contributed by atoms with van der Waals surface area (Å²) in [6, 6.07) is 1.11. The van der Waals surface area contributed by atoms with Gasteiger partial charge in [-0.1, -0.05) is 11.3 Å². The van der Waals surface area contributed by atoms with Gasteiger partial charge >= 0.3 is 0 Å². The Bertz CT molecular complexity index is 677. The third kappa shape index (κ3) is 2.80. The quantitative estimate of drug-likeness (QED) is 0.854. The van der Waals surface area contributed by atoms with Gasteiger partial charge in [0, 0.05) is 19.1 Å². The monoisotopic (exact) mass is 298 g/mol. The van der Waals surface area contributed by atoms with Crippen LogP contribution in [0, 0.1) is 11.6 Å². The van der Waals surface area contributed by atoms with Crippen molar-refractivity contribution < 1.29 is 23.5 Å². The average molecular weight is 298 g/mol. The summed E-state index contributed by atoms with van der Waals surface area (Å²) in [4.78, 5) is 27.0. The van der Waals surface area contributed by atoms with Crippen LogP contribution in [0.25, 0.3) is 0 Å². The number of phenolic OH excluding ortho intramolecular Hbond substituents is 1. The van der Waals surface area contributed by atoms with E-state index in [2.05, 4.69) is 10.3 Å². The Morgan fingerprint density at radius 2 is 2.05 bits per heavy atom. The molecule has 2 aromatic rings. The predicted octanol–water partition coefficient (Wildman–Crippen LogP) is 2.58. The van der Waals surface area contributed by atoms with E-state index in [0.717, 1.165) is 11.3 Å². The minimum Gasteiger partial charge on any atom is -0.507 e. The maximum absolute atomic E-state index is 13.5. The summed E-state index contributed by atoms with van der Waals surface area (Å²) >= 11 is 0.908. The molecule has 104 valence electrons.